The van der Waals surface area contributed by atoms with Gasteiger partial charge in [-0.05, 0) is 37.1 Å². The first-order valence-corrected chi connectivity index (χ1v) is 6.63. The number of ether oxygens (including phenoxy) is 1. The van der Waals surface area contributed by atoms with Gasteiger partial charge < -0.3 is 4.74 Å². The molecule has 112 valence electrons. The number of nitrogens with one attached hydrogen (secondary N) is 1. The lowest BCUT2D eigenvalue weighted by molar-refractivity contribution is -0.134. The van der Waals surface area contributed by atoms with Gasteiger partial charge in [-0.3, -0.25) is 14.9 Å². The van der Waals surface area contributed by atoms with E-state index in [1.807, 2.05) is 0 Å². The van der Waals surface area contributed by atoms with Crippen LogP contribution in [0.3, 0.4) is 0 Å². The highest BCUT2D eigenvalue weighted by atomic mass is 19.1. The van der Waals surface area contributed by atoms with Gasteiger partial charge in [-0.1, -0.05) is 0 Å². The van der Waals surface area contributed by atoms with Crippen molar-refractivity contribution >= 4 is 17.9 Å². The minimum absolute atomic E-state index is 0.0707. The minimum atomic E-state index is -0.979. The summed E-state index contributed by atoms with van der Waals surface area (Å²) in [6.07, 6.45) is 2.96. The molecule has 1 aromatic carbocycles. The molecule has 1 saturated heterocycles. The first-order valence-electron chi connectivity index (χ1n) is 6.63. The van der Waals surface area contributed by atoms with Crippen LogP contribution in [0.2, 0.25) is 0 Å². The molecule has 1 heterocycles. The van der Waals surface area contributed by atoms with Gasteiger partial charge in [-0.2, -0.15) is 0 Å². The SMILES string of the molecule is CCO/C=C/c1cc(F)c(C2CCC(=O)NC2=O)c(F)c1. The predicted molar refractivity (Wildman–Crippen MR) is 72.1 cm³/mol. The number of carbonyl (C=O) groups excluding carboxylic acids is 2. The summed E-state index contributed by atoms with van der Waals surface area (Å²) in [6, 6.07) is 2.27. The Labute approximate surface area is 120 Å². The van der Waals surface area contributed by atoms with Crippen LogP contribution in [0.1, 0.15) is 36.8 Å². The van der Waals surface area contributed by atoms with Crippen LogP contribution in [-0.4, -0.2) is 18.4 Å². The molecule has 1 fully saturated rings. The summed E-state index contributed by atoms with van der Waals surface area (Å²) in [4.78, 5) is 22.8. The number of halogens is 2. The van der Waals surface area contributed by atoms with E-state index in [4.69, 9.17) is 4.74 Å². The van der Waals surface area contributed by atoms with Crippen LogP contribution in [0.25, 0.3) is 6.08 Å². The first kappa shape index (κ1) is 15.2. The average Bonchev–Trinajstić information content (AvgIpc) is 2.41. The third kappa shape index (κ3) is 3.45. The van der Waals surface area contributed by atoms with Gasteiger partial charge in [0, 0.05) is 12.0 Å². The number of rotatable bonds is 4. The molecule has 4 nitrogen and oxygen atoms in total. The number of hydrogen-bond acceptors (Lipinski definition) is 3. The number of amides is 2. The lowest BCUT2D eigenvalue weighted by Crippen LogP contribution is -2.40. The van der Waals surface area contributed by atoms with Crippen molar-refractivity contribution < 1.29 is 23.1 Å². The molecule has 2 rings (SSSR count). The fourth-order valence-electron chi connectivity index (χ4n) is 2.22. The quantitative estimate of drug-likeness (QED) is 0.686. The average molecular weight is 295 g/mol. The molecular formula is C15H15F2NO3. The molecule has 0 bridgehead atoms. The maximum Gasteiger partial charge on any atom is 0.234 e. The Balaban J connectivity index is 2.29. The van der Waals surface area contributed by atoms with Crippen molar-refractivity contribution in [2.75, 3.05) is 6.61 Å². The molecule has 1 aliphatic heterocycles. The Morgan fingerprint density at radius 1 is 1.33 bits per heavy atom. The topological polar surface area (TPSA) is 55.4 Å². The van der Waals surface area contributed by atoms with Crippen molar-refractivity contribution in [1.82, 2.24) is 5.32 Å². The van der Waals surface area contributed by atoms with Crippen molar-refractivity contribution in [3.05, 3.63) is 41.2 Å². The summed E-state index contributed by atoms with van der Waals surface area (Å²) < 4.78 is 33.2. The summed E-state index contributed by atoms with van der Waals surface area (Å²) in [5.41, 5.74) is 0.00283. The van der Waals surface area contributed by atoms with Gasteiger partial charge in [0.05, 0.1) is 18.8 Å². The predicted octanol–water partition coefficient (Wildman–Crippen LogP) is 2.49. The van der Waals surface area contributed by atoms with Gasteiger partial charge >= 0.3 is 0 Å². The molecule has 0 radical (unpaired) electrons. The summed E-state index contributed by atoms with van der Waals surface area (Å²) in [6.45, 7) is 2.24. The number of hydrogen-bond donors (Lipinski definition) is 1. The lowest BCUT2D eigenvalue weighted by atomic mass is 9.89. The third-order valence-electron chi connectivity index (χ3n) is 3.21. The molecule has 1 aromatic rings. The molecule has 21 heavy (non-hydrogen) atoms. The summed E-state index contributed by atoms with van der Waals surface area (Å²) >= 11 is 0. The van der Waals surface area contributed by atoms with Crippen LogP contribution >= 0.6 is 0 Å². The molecule has 1 atom stereocenters. The number of imide groups is 1. The van der Waals surface area contributed by atoms with Crippen LogP contribution < -0.4 is 5.32 Å². The second-order valence-electron chi connectivity index (χ2n) is 4.66. The second kappa shape index (κ2) is 6.47. The van der Waals surface area contributed by atoms with E-state index in [-0.39, 0.29) is 18.4 Å². The largest absolute Gasteiger partial charge is 0.501 e. The minimum Gasteiger partial charge on any atom is -0.501 e. The Morgan fingerprint density at radius 3 is 2.57 bits per heavy atom. The molecule has 0 aromatic heterocycles. The molecule has 6 heteroatoms. The normalized spacial score (nSPS) is 18.9. The molecule has 0 saturated carbocycles. The van der Waals surface area contributed by atoms with E-state index in [0.29, 0.717) is 12.2 Å². The molecule has 2 amide bonds. The van der Waals surface area contributed by atoms with Gasteiger partial charge in [0.2, 0.25) is 11.8 Å². The Bertz CT molecular complexity index is 576. The van der Waals surface area contributed by atoms with Gasteiger partial charge in [0.25, 0.3) is 0 Å². The van der Waals surface area contributed by atoms with Crippen molar-refractivity contribution in [3.63, 3.8) is 0 Å². The van der Waals surface area contributed by atoms with Crippen LogP contribution in [0.4, 0.5) is 8.78 Å². The molecule has 0 aliphatic carbocycles. The maximum atomic E-state index is 14.1. The van der Waals surface area contributed by atoms with Gasteiger partial charge in [0.1, 0.15) is 11.6 Å². The Morgan fingerprint density at radius 2 is 2.00 bits per heavy atom. The molecule has 1 aliphatic rings. The van der Waals surface area contributed by atoms with E-state index in [9.17, 15) is 18.4 Å². The van der Waals surface area contributed by atoms with Gasteiger partial charge in [-0.15, -0.1) is 0 Å². The zero-order valence-corrected chi connectivity index (χ0v) is 11.5. The highest BCUT2D eigenvalue weighted by Crippen LogP contribution is 2.30. The fourth-order valence-corrected chi connectivity index (χ4v) is 2.22. The van der Waals surface area contributed by atoms with Crippen molar-refractivity contribution in [2.45, 2.75) is 25.7 Å². The third-order valence-corrected chi connectivity index (χ3v) is 3.21. The maximum absolute atomic E-state index is 14.1. The molecular weight excluding hydrogens is 280 g/mol. The first-order chi connectivity index (χ1) is 10.0. The van der Waals surface area contributed by atoms with E-state index in [1.165, 1.54) is 12.3 Å². The molecule has 1 N–H and O–H groups in total. The summed E-state index contributed by atoms with van der Waals surface area (Å²) in [5, 5.41) is 2.09. The highest BCUT2D eigenvalue weighted by molar-refractivity contribution is 6.01. The van der Waals surface area contributed by atoms with E-state index >= 15 is 0 Å². The standard InChI is InChI=1S/C15H15F2NO3/c1-2-21-6-5-9-7-11(16)14(12(17)8-9)10-3-4-13(19)18-15(10)20/h5-8,10H,2-4H2,1H3,(H,18,19,20)/b6-5+. The zero-order valence-electron chi connectivity index (χ0n) is 11.5. The second-order valence-corrected chi connectivity index (χ2v) is 4.66. The smallest absolute Gasteiger partial charge is 0.234 e. The van der Waals surface area contributed by atoms with E-state index < -0.39 is 29.4 Å². The number of carbonyl (C=O) groups is 2. The summed E-state index contributed by atoms with van der Waals surface area (Å²) in [7, 11) is 0. The van der Waals surface area contributed by atoms with E-state index in [1.54, 1.807) is 6.92 Å². The summed E-state index contributed by atoms with van der Waals surface area (Å²) in [5.74, 6) is -3.68. The van der Waals surface area contributed by atoms with E-state index in [2.05, 4.69) is 5.32 Å². The van der Waals surface area contributed by atoms with Gasteiger partial charge in [0.15, 0.2) is 0 Å². The Kier molecular flexibility index (Phi) is 4.67. The van der Waals surface area contributed by atoms with Crippen molar-refractivity contribution in [3.8, 4) is 0 Å². The van der Waals surface area contributed by atoms with Crippen molar-refractivity contribution in [2.24, 2.45) is 0 Å². The van der Waals surface area contributed by atoms with Crippen LogP contribution in [0.15, 0.2) is 18.4 Å². The zero-order chi connectivity index (χ0) is 15.4. The van der Waals surface area contributed by atoms with Crippen molar-refractivity contribution in [1.29, 1.82) is 0 Å². The molecule has 1 unspecified atom stereocenters. The molecule has 0 spiro atoms. The Hall–Kier alpha value is -2.24. The monoisotopic (exact) mass is 295 g/mol. The van der Waals surface area contributed by atoms with Crippen LogP contribution in [0.5, 0.6) is 0 Å². The fraction of sp³-hybridized carbons (Fsp3) is 0.333. The van der Waals surface area contributed by atoms with Crippen LogP contribution in [0, 0.1) is 11.6 Å². The lowest BCUT2D eigenvalue weighted by Gasteiger charge is -2.22. The highest BCUT2D eigenvalue weighted by Gasteiger charge is 2.32. The number of piperidine rings is 1. The van der Waals surface area contributed by atoms with Crippen LogP contribution in [-0.2, 0) is 14.3 Å². The van der Waals surface area contributed by atoms with Gasteiger partial charge in [-0.25, -0.2) is 8.78 Å². The number of benzene rings is 1. The van der Waals surface area contributed by atoms with E-state index in [0.717, 1.165) is 12.1 Å².